The van der Waals surface area contributed by atoms with E-state index in [2.05, 4.69) is 21.7 Å². The molecule has 124 valence electrons. The smallest absolute Gasteiger partial charge is 0.298 e. The van der Waals surface area contributed by atoms with Crippen molar-refractivity contribution in [3.63, 3.8) is 0 Å². The fraction of sp³-hybridized carbons (Fsp3) is 0.571. The van der Waals surface area contributed by atoms with Gasteiger partial charge in [-0.1, -0.05) is 12.5 Å². The molecule has 1 aromatic carbocycles. The number of nitrogens with one attached hydrogen (secondary N) is 3. The lowest BCUT2D eigenvalue weighted by atomic mass is 9.92. The second-order valence-electron chi connectivity index (χ2n) is 5.64. The molecule has 8 heteroatoms. The topological polar surface area (TPSA) is 111 Å². The summed E-state index contributed by atoms with van der Waals surface area (Å²) in [5.74, 6) is -0.195. The highest BCUT2D eigenvalue weighted by atomic mass is 32.2. The number of aliphatic hydroxyl groups is 1. The molecular weight excluding hydrogens is 306 g/mol. The molecule has 0 aliphatic carbocycles. The van der Waals surface area contributed by atoms with Crippen molar-refractivity contribution in [2.45, 2.75) is 44.4 Å². The van der Waals surface area contributed by atoms with E-state index in [9.17, 15) is 18.6 Å². The van der Waals surface area contributed by atoms with Gasteiger partial charge in [0, 0.05) is 19.1 Å². The van der Waals surface area contributed by atoms with Crippen molar-refractivity contribution in [2.75, 3.05) is 11.8 Å². The number of phenols is 1. The van der Waals surface area contributed by atoms with Crippen LogP contribution in [0, 0.1) is 0 Å². The summed E-state index contributed by atoms with van der Waals surface area (Å²) in [7, 11) is -2.46. The van der Waals surface area contributed by atoms with Crippen LogP contribution in [0.2, 0.25) is 0 Å². The summed E-state index contributed by atoms with van der Waals surface area (Å²) >= 11 is 0. The van der Waals surface area contributed by atoms with Crippen molar-refractivity contribution in [3.05, 3.63) is 23.8 Å². The molecule has 3 atom stereocenters. The van der Waals surface area contributed by atoms with E-state index in [0.717, 1.165) is 19.3 Å². The van der Waals surface area contributed by atoms with Crippen LogP contribution in [0.4, 0.5) is 5.69 Å². The molecule has 0 saturated carbocycles. The van der Waals surface area contributed by atoms with Gasteiger partial charge >= 0.3 is 0 Å². The lowest BCUT2D eigenvalue weighted by Crippen LogP contribution is -2.44. The SMILES string of the molecule is CNS(=O)(=O)Nc1cc(C(O)C2CCCC(C)N2)ccc1O. The van der Waals surface area contributed by atoms with Gasteiger partial charge in [-0.25, -0.2) is 4.72 Å². The Morgan fingerprint density at radius 3 is 2.73 bits per heavy atom. The Hall–Kier alpha value is -1.35. The first-order valence-electron chi connectivity index (χ1n) is 7.30. The Morgan fingerprint density at radius 1 is 1.36 bits per heavy atom. The molecule has 0 amide bonds. The van der Waals surface area contributed by atoms with Crippen LogP contribution in [0.1, 0.15) is 37.9 Å². The highest BCUT2D eigenvalue weighted by Gasteiger charge is 2.26. The van der Waals surface area contributed by atoms with E-state index in [-0.39, 0.29) is 17.5 Å². The number of hydrogen-bond donors (Lipinski definition) is 5. The largest absolute Gasteiger partial charge is 0.506 e. The minimum absolute atomic E-state index is 0.0368. The van der Waals surface area contributed by atoms with Crippen molar-refractivity contribution < 1.29 is 18.6 Å². The predicted molar refractivity (Wildman–Crippen MR) is 84.9 cm³/mol. The summed E-state index contributed by atoms with van der Waals surface area (Å²) in [6.07, 6.45) is 2.20. The van der Waals surface area contributed by atoms with Crippen LogP contribution in [0.25, 0.3) is 0 Å². The number of anilines is 1. The molecule has 3 unspecified atom stereocenters. The summed E-state index contributed by atoms with van der Waals surface area (Å²) in [4.78, 5) is 0. The minimum Gasteiger partial charge on any atom is -0.506 e. The van der Waals surface area contributed by atoms with Crippen LogP contribution < -0.4 is 14.8 Å². The number of piperidine rings is 1. The van der Waals surface area contributed by atoms with Crippen LogP contribution in [-0.4, -0.2) is 37.8 Å². The van der Waals surface area contributed by atoms with Gasteiger partial charge in [0.2, 0.25) is 0 Å². The first-order valence-corrected chi connectivity index (χ1v) is 8.79. The number of aliphatic hydroxyl groups excluding tert-OH is 1. The molecule has 0 radical (unpaired) electrons. The van der Waals surface area contributed by atoms with Gasteiger partial charge in [-0.3, -0.25) is 4.72 Å². The summed E-state index contributed by atoms with van der Waals surface area (Å²) < 4.78 is 27.4. The average Bonchev–Trinajstić information content (AvgIpc) is 2.48. The summed E-state index contributed by atoms with van der Waals surface area (Å²) in [5, 5.41) is 23.6. The van der Waals surface area contributed by atoms with E-state index in [1.165, 1.54) is 19.2 Å². The van der Waals surface area contributed by atoms with Gasteiger partial charge < -0.3 is 15.5 Å². The second-order valence-corrected chi connectivity index (χ2v) is 7.26. The first kappa shape index (κ1) is 17.0. The third kappa shape index (κ3) is 4.10. The third-order valence-corrected chi connectivity index (χ3v) is 4.93. The zero-order valence-electron chi connectivity index (χ0n) is 12.7. The lowest BCUT2D eigenvalue weighted by molar-refractivity contribution is 0.104. The molecule has 7 nitrogen and oxygen atoms in total. The van der Waals surface area contributed by atoms with Gasteiger partial charge in [0.05, 0.1) is 11.8 Å². The monoisotopic (exact) mass is 329 g/mol. The fourth-order valence-electron chi connectivity index (χ4n) is 2.67. The molecule has 1 aliphatic heterocycles. The van der Waals surface area contributed by atoms with Gasteiger partial charge in [0.1, 0.15) is 5.75 Å². The number of rotatable bonds is 5. The predicted octanol–water partition coefficient (Wildman–Crippen LogP) is 0.832. The van der Waals surface area contributed by atoms with Gasteiger partial charge in [-0.15, -0.1) is 0 Å². The summed E-state index contributed by atoms with van der Waals surface area (Å²) in [6.45, 7) is 2.07. The van der Waals surface area contributed by atoms with Gasteiger partial charge in [-0.05, 0) is 37.5 Å². The number of aromatic hydroxyl groups is 1. The summed E-state index contributed by atoms with van der Waals surface area (Å²) in [5.41, 5.74) is 0.591. The molecule has 1 saturated heterocycles. The highest BCUT2D eigenvalue weighted by molar-refractivity contribution is 7.90. The molecule has 1 aromatic rings. The van der Waals surface area contributed by atoms with E-state index in [1.807, 2.05) is 0 Å². The van der Waals surface area contributed by atoms with E-state index >= 15 is 0 Å². The van der Waals surface area contributed by atoms with Crippen LogP contribution in [0.15, 0.2) is 18.2 Å². The zero-order chi connectivity index (χ0) is 16.3. The third-order valence-electron chi connectivity index (χ3n) is 3.91. The van der Waals surface area contributed by atoms with Gasteiger partial charge in [-0.2, -0.15) is 8.42 Å². The van der Waals surface area contributed by atoms with E-state index in [4.69, 9.17) is 0 Å². The Labute approximate surface area is 130 Å². The van der Waals surface area contributed by atoms with E-state index < -0.39 is 16.3 Å². The number of phenolic OH excluding ortho intramolecular Hbond substituents is 1. The molecule has 1 aliphatic rings. The Kier molecular flexibility index (Phi) is 5.28. The van der Waals surface area contributed by atoms with Crippen LogP contribution in [0.3, 0.4) is 0 Å². The van der Waals surface area contributed by atoms with Crippen LogP contribution in [0.5, 0.6) is 5.75 Å². The van der Waals surface area contributed by atoms with Crippen molar-refractivity contribution in [1.29, 1.82) is 0 Å². The molecule has 1 heterocycles. The molecule has 0 spiro atoms. The molecule has 5 N–H and O–H groups in total. The Balaban J connectivity index is 2.21. The first-order chi connectivity index (χ1) is 10.3. The fourth-order valence-corrected chi connectivity index (χ4v) is 3.23. The van der Waals surface area contributed by atoms with Crippen LogP contribution >= 0.6 is 0 Å². The van der Waals surface area contributed by atoms with E-state index in [0.29, 0.717) is 11.6 Å². The normalized spacial score (nSPS) is 24.0. The van der Waals surface area contributed by atoms with Crippen LogP contribution in [-0.2, 0) is 10.2 Å². The minimum atomic E-state index is -3.73. The van der Waals surface area contributed by atoms with Crippen molar-refractivity contribution in [2.24, 2.45) is 0 Å². The van der Waals surface area contributed by atoms with Crippen molar-refractivity contribution >= 4 is 15.9 Å². The van der Waals surface area contributed by atoms with E-state index in [1.54, 1.807) is 6.07 Å². The Morgan fingerprint density at radius 2 is 2.09 bits per heavy atom. The molecule has 2 rings (SSSR count). The summed E-state index contributed by atoms with van der Waals surface area (Å²) in [6, 6.07) is 4.68. The highest BCUT2D eigenvalue weighted by Crippen LogP contribution is 2.31. The zero-order valence-corrected chi connectivity index (χ0v) is 13.5. The molecular formula is C14H23N3O4S. The van der Waals surface area contributed by atoms with Crippen molar-refractivity contribution in [3.8, 4) is 5.75 Å². The Bertz CT molecular complexity index is 621. The maximum atomic E-state index is 11.5. The lowest BCUT2D eigenvalue weighted by Gasteiger charge is -2.32. The van der Waals surface area contributed by atoms with Crippen molar-refractivity contribution in [1.82, 2.24) is 10.0 Å². The molecule has 0 bridgehead atoms. The molecule has 0 aromatic heterocycles. The average molecular weight is 329 g/mol. The maximum Gasteiger partial charge on any atom is 0.298 e. The number of hydrogen-bond acceptors (Lipinski definition) is 5. The number of benzene rings is 1. The maximum absolute atomic E-state index is 11.5. The quantitative estimate of drug-likeness (QED) is 0.514. The van der Waals surface area contributed by atoms with Gasteiger partial charge in [0.25, 0.3) is 10.2 Å². The van der Waals surface area contributed by atoms with Gasteiger partial charge in [0.15, 0.2) is 0 Å². The molecule has 22 heavy (non-hydrogen) atoms. The standard InChI is InChI=1S/C14H23N3O4S/c1-9-4-3-5-11(16-9)14(19)10-6-7-13(18)12(8-10)17-22(20,21)15-2/h6-9,11,14-19H,3-5H2,1-2H3. The second kappa shape index (κ2) is 6.82. The molecule has 1 fully saturated rings.